The van der Waals surface area contributed by atoms with Gasteiger partial charge < -0.3 is 4.98 Å². The number of fused-ring (bicyclic) bond motifs is 1. The van der Waals surface area contributed by atoms with E-state index in [2.05, 4.69) is 22.0 Å². The fourth-order valence-corrected chi connectivity index (χ4v) is 2.87. The lowest BCUT2D eigenvalue weighted by atomic mass is 9.97. The second kappa shape index (κ2) is 5.61. The van der Waals surface area contributed by atoms with Crippen LogP contribution in [0, 0.1) is 10.1 Å². The molecule has 0 aliphatic heterocycles. The maximum Gasteiger partial charge on any atom is 0.271 e. The lowest BCUT2D eigenvalue weighted by Crippen LogP contribution is -2.20. The van der Waals surface area contributed by atoms with Crippen LogP contribution in [0.15, 0.2) is 54.7 Å². The summed E-state index contributed by atoms with van der Waals surface area (Å²) in [5.74, 6) is 0. The number of benzene rings is 2. The van der Waals surface area contributed by atoms with Gasteiger partial charge in [0, 0.05) is 23.7 Å². The van der Waals surface area contributed by atoms with Crippen LogP contribution in [0.5, 0.6) is 0 Å². The van der Waals surface area contributed by atoms with E-state index in [4.69, 9.17) is 0 Å². The number of rotatable bonds is 4. The molecule has 3 aromatic rings. The molecule has 1 unspecified atom stereocenters. The Morgan fingerprint density at radius 3 is 2.50 bits per heavy atom. The summed E-state index contributed by atoms with van der Waals surface area (Å²) in [5.41, 5.74) is 3.18. The molecule has 0 saturated heterocycles. The van der Waals surface area contributed by atoms with Gasteiger partial charge in [-0.3, -0.25) is 15.0 Å². The summed E-state index contributed by atoms with van der Waals surface area (Å²) < 4.78 is 0. The van der Waals surface area contributed by atoms with E-state index >= 15 is 0 Å². The lowest BCUT2D eigenvalue weighted by Gasteiger charge is -2.24. The van der Waals surface area contributed by atoms with E-state index < -0.39 is 0 Å². The van der Waals surface area contributed by atoms with Crippen molar-refractivity contribution in [1.82, 2.24) is 9.88 Å². The zero-order valence-electron chi connectivity index (χ0n) is 12.5. The molecule has 112 valence electrons. The second-order valence-corrected chi connectivity index (χ2v) is 5.51. The van der Waals surface area contributed by atoms with Gasteiger partial charge in [-0.15, -0.1) is 0 Å². The Morgan fingerprint density at radius 2 is 1.86 bits per heavy atom. The van der Waals surface area contributed by atoms with E-state index in [0.29, 0.717) is 0 Å². The van der Waals surface area contributed by atoms with Gasteiger partial charge in [-0.2, -0.15) is 0 Å². The van der Waals surface area contributed by atoms with Gasteiger partial charge in [0.25, 0.3) is 5.69 Å². The zero-order chi connectivity index (χ0) is 15.7. The summed E-state index contributed by atoms with van der Waals surface area (Å²) in [6, 6.07) is 15.3. The molecule has 0 saturated carbocycles. The summed E-state index contributed by atoms with van der Waals surface area (Å²) in [6.45, 7) is 0. The Kier molecular flexibility index (Phi) is 3.65. The Morgan fingerprint density at radius 1 is 1.14 bits per heavy atom. The van der Waals surface area contributed by atoms with Crippen molar-refractivity contribution in [3.8, 4) is 0 Å². The molecule has 3 rings (SSSR count). The molecule has 0 fully saturated rings. The first-order chi connectivity index (χ1) is 10.6. The van der Waals surface area contributed by atoms with Gasteiger partial charge in [0.2, 0.25) is 0 Å². The quantitative estimate of drug-likeness (QED) is 0.589. The molecule has 1 aromatic heterocycles. The van der Waals surface area contributed by atoms with Crippen LogP contribution in [0.3, 0.4) is 0 Å². The molecular formula is C17H17N3O2. The van der Waals surface area contributed by atoms with Crippen molar-refractivity contribution in [3.05, 3.63) is 76.0 Å². The molecular weight excluding hydrogens is 278 g/mol. The number of nitrogens with one attached hydrogen (secondary N) is 1. The fourth-order valence-electron chi connectivity index (χ4n) is 2.87. The Bertz CT molecular complexity index is 809. The number of hydrogen-bond donors (Lipinski definition) is 1. The number of aromatic amines is 1. The summed E-state index contributed by atoms with van der Waals surface area (Å²) in [5, 5.41) is 11.9. The molecule has 0 aliphatic carbocycles. The average Bonchev–Trinajstić information content (AvgIpc) is 2.91. The van der Waals surface area contributed by atoms with Crippen molar-refractivity contribution >= 4 is 16.6 Å². The maximum absolute atomic E-state index is 10.9. The molecule has 5 heteroatoms. The minimum absolute atomic E-state index is 0.0939. The van der Waals surface area contributed by atoms with Gasteiger partial charge in [0.15, 0.2) is 0 Å². The van der Waals surface area contributed by atoms with Gasteiger partial charge in [-0.05, 0) is 31.3 Å². The van der Waals surface area contributed by atoms with Gasteiger partial charge in [0.05, 0.1) is 16.5 Å². The first-order valence-electron chi connectivity index (χ1n) is 7.04. The third-order valence-electron chi connectivity index (χ3n) is 3.83. The van der Waals surface area contributed by atoms with Crippen molar-refractivity contribution in [2.75, 3.05) is 14.1 Å². The molecule has 1 N–H and O–H groups in total. The van der Waals surface area contributed by atoms with Crippen LogP contribution in [0.4, 0.5) is 5.69 Å². The van der Waals surface area contributed by atoms with Crippen molar-refractivity contribution in [2.45, 2.75) is 6.04 Å². The summed E-state index contributed by atoms with van der Waals surface area (Å²) in [7, 11) is 4.06. The van der Waals surface area contributed by atoms with Crippen LogP contribution in [0.1, 0.15) is 17.2 Å². The SMILES string of the molecule is CN(C)C(c1ccccc1)c1c[nH]c2cc([N+](=O)[O-])ccc12. The fraction of sp³-hybridized carbons (Fsp3) is 0.176. The number of aromatic nitrogens is 1. The first kappa shape index (κ1) is 14.3. The van der Waals surface area contributed by atoms with E-state index in [1.807, 2.05) is 44.6 Å². The minimum Gasteiger partial charge on any atom is -0.361 e. The molecule has 22 heavy (non-hydrogen) atoms. The minimum atomic E-state index is -0.374. The number of H-pyrrole nitrogens is 1. The Labute approximate surface area is 128 Å². The number of hydrogen-bond acceptors (Lipinski definition) is 3. The number of nitro benzene ring substituents is 1. The number of non-ortho nitro benzene ring substituents is 1. The molecule has 2 aromatic carbocycles. The van der Waals surface area contributed by atoms with E-state index in [1.54, 1.807) is 12.1 Å². The highest BCUT2D eigenvalue weighted by molar-refractivity contribution is 5.86. The van der Waals surface area contributed by atoms with Gasteiger partial charge in [-0.1, -0.05) is 30.3 Å². The van der Waals surface area contributed by atoms with Gasteiger partial charge in [-0.25, -0.2) is 0 Å². The third-order valence-corrected chi connectivity index (χ3v) is 3.83. The highest BCUT2D eigenvalue weighted by Gasteiger charge is 2.20. The zero-order valence-corrected chi connectivity index (χ0v) is 12.5. The van der Waals surface area contributed by atoms with E-state index in [9.17, 15) is 10.1 Å². The molecule has 0 aliphatic rings. The molecule has 0 spiro atoms. The van der Waals surface area contributed by atoms with Crippen LogP contribution < -0.4 is 0 Å². The molecule has 0 amide bonds. The third kappa shape index (κ3) is 2.46. The van der Waals surface area contributed by atoms with Crippen molar-refractivity contribution < 1.29 is 4.92 Å². The topological polar surface area (TPSA) is 62.2 Å². The van der Waals surface area contributed by atoms with Crippen molar-refractivity contribution in [2.24, 2.45) is 0 Å². The van der Waals surface area contributed by atoms with Crippen LogP contribution in [-0.2, 0) is 0 Å². The molecule has 1 atom stereocenters. The summed E-state index contributed by atoms with van der Waals surface area (Å²) in [4.78, 5) is 15.8. The standard InChI is InChI=1S/C17H17N3O2/c1-19(2)17(12-6-4-3-5-7-12)15-11-18-16-10-13(20(21)22)8-9-14(15)16/h3-11,17-18H,1-2H3. The van der Waals surface area contributed by atoms with Crippen molar-refractivity contribution in [3.63, 3.8) is 0 Å². The maximum atomic E-state index is 10.9. The van der Waals surface area contributed by atoms with E-state index in [0.717, 1.165) is 16.5 Å². The predicted octanol–water partition coefficient (Wildman–Crippen LogP) is 3.73. The molecule has 0 radical (unpaired) electrons. The predicted molar refractivity (Wildman–Crippen MR) is 86.9 cm³/mol. The lowest BCUT2D eigenvalue weighted by molar-refractivity contribution is -0.384. The molecule has 0 bridgehead atoms. The second-order valence-electron chi connectivity index (χ2n) is 5.51. The van der Waals surface area contributed by atoms with Gasteiger partial charge in [0.1, 0.15) is 0 Å². The summed E-state index contributed by atoms with van der Waals surface area (Å²) in [6.07, 6.45) is 1.94. The number of nitro groups is 1. The van der Waals surface area contributed by atoms with Gasteiger partial charge >= 0.3 is 0 Å². The van der Waals surface area contributed by atoms with Crippen LogP contribution >= 0.6 is 0 Å². The summed E-state index contributed by atoms with van der Waals surface area (Å²) >= 11 is 0. The number of nitrogens with zero attached hydrogens (tertiary/aromatic N) is 2. The Balaban J connectivity index is 2.13. The smallest absolute Gasteiger partial charge is 0.271 e. The first-order valence-corrected chi connectivity index (χ1v) is 7.04. The van der Waals surface area contributed by atoms with Crippen LogP contribution in [-0.4, -0.2) is 28.9 Å². The average molecular weight is 295 g/mol. The van der Waals surface area contributed by atoms with E-state index in [1.165, 1.54) is 5.56 Å². The normalized spacial score (nSPS) is 12.7. The monoisotopic (exact) mass is 295 g/mol. The van der Waals surface area contributed by atoms with E-state index in [-0.39, 0.29) is 16.7 Å². The highest BCUT2D eigenvalue weighted by atomic mass is 16.6. The molecule has 1 heterocycles. The largest absolute Gasteiger partial charge is 0.361 e. The Hall–Kier alpha value is -2.66. The molecule has 5 nitrogen and oxygen atoms in total. The highest BCUT2D eigenvalue weighted by Crippen LogP contribution is 2.33. The van der Waals surface area contributed by atoms with Crippen molar-refractivity contribution in [1.29, 1.82) is 0 Å². The van der Waals surface area contributed by atoms with Crippen LogP contribution in [0.2, 0.25) is 0 Å². The van der Waals surface area contributed by atoms with Crippen LogP contribution in [0.25, 0.3) is 10.9 Å².